The van der Waals surface area contributed by atoms with Gasteiger partial charge in [0.05, 0.1) is 7.11 Å². The molecule has 0 unspecified atom stereocenters. The van der Waals surface area contributed by atoms with Crippen molar-refractivity contribution in [2.45, 2.75) is 37.5 Å². The second kappa shape index (κ2) is 8.27. The van der Waals surface area contributed by atoms with E-state index in [1.807, 2.05) is 0 Å². The Morgan fingerprint density at radius 3 is 2.12 bits per heavy atom. The van der Waals surface area contributed by atoms with E-state index in [4.69, 9.17) is 14.2 Å². The first-order valence-corrected chi connectivity index (χ1v) is 10.1. The minimum Gasteiger partial charge on any atom is -0.467 e. The molecule has 8 nitrogen and oxygen atoms in total. The van der Waals surface area contributed by atoms with Crippen molar-refractivity contribution in [3.8, 4) is 0 Å². The molecular formula is C24H28N2O6. The molecule has 1 aliphatic rings. The first kappa shape index (κ1) is 23.3. The predicted octanol–water partition coefficient (Wildman–Crippen LogP) is 3.10. The fraction of sp³-hybridized carbons (Fsp3) is 0.375. The van der Waals surface area contributed by atoms with Gasteiger partial charge >= 0.3 is 12.1 Å². The minimum absolute atomic E-state index is 0.337. The number of nitrogens with zero attached hydrogens (tertiary/aromatic N) is 1. The van der Waals surface area contributed by atoms with Crippen LogP contribution in [0.25, 0.3) is 0 Å². The van der Waals surface area contributed by atoms with Crippen LogP contribution in [0.15, 0.2) is 54.6 Å². The van der Waals surface area contributed by atoms with Crippen molar-refractivity contribution in [2.24, 2.45) is 0 Å². The molecule has 2 aromatic carbocycles. The predicted molar refractivity (Wildman–Crippen MR) is 118 cm³/mol. The number of nitrogens with one attached hydrogen (secondary N) is 1. The first-order valence-electron chi connectivity index (χ1n) is 10.1. The van der Waals surface area contributed by atoms with Gasteiger partial charge in [0.25, 0.3) is 5.91 Å². The summed E-state index contributed by atoms with van der Waals surface area (Å²) in [5, 5.41) is 2.71. The van der Waals surface area contributed by atoms with Gasteiger partial charge in [-0.2, -0.15) is 0 Å². The third-order valence-electron chi connectivity index (χ3n) is 5.47. The number of hydrogen-bond donors (Lipinski definition) is 1. The Balaban J connectivity index is 2.40. The molecule has 3 rings (SSSR count). The van der Waals surface area contributed by atoms with Crippen LogP contribution >= 0.6 is 0 Å². The van der Waals surface area contributed by atoms with E-state index in [1.165, 1.54) is 19.1 Å². The number of esters is 1. The van der Waals surface area contributed by atoms with Crippen molar-refractivity contribution < 1.29 is 28.6 Å². The van der Waals surface area contributed by atoms with E-state index in [-0.39, 0.29) is 0 Å². The van der Waals surface area contributed by atoms with E-state index in [0.717, 1.165) is 0 Å². The third kappa shape index (κ3) is 3.40. The van der Waals surface area contributed by atoms with Gasteiger partial charge in [0, 0.05) is 25.4 Å². The highest BCUT2D eigenvalue weighted by Crippen LogP contribution is 2.52. The molecule has 0 spiro atoms. The number of benzene rings is 2. The number of likely N-dealkylation sites (N-methyl/N-ethyl adjacent to an activating group) is 1. The van der Waals surface area contributed by atoms with Crippen LogP contribution < -0.4 is 10.2 Å². The van der Waals surface area contributed by atoms with E-state index in [9.17, 15) is 14.4 Å². The highest BCUT2D eigenvalue weighted by molar-refractivity contribution is 6.13. The smallest absolute Gasteiger partial charge is 0.408 e. The monoisotopic (exact) mass is 440 g/mol. The zero-order valence-corrected chi connectivity index (χ0v) is 19.1. The fourth-order valence-electron chi connectivity index (χ4n) is 4.22. The summed E-state index contributed by atoms with van der Waals surface area (Å²) in [5.74, 6) is -1.42. The summed E-state index contributed by atoms with van der Waals surface area (Å²) in [6.07, 6.45) is -0.878. The number of alkyl carbamates (subject to hydrolysis) is 1. The molecule has 0 saturated heterocycles. The first-order chi connectivity index (χ1) is 15.0. The van der Waals surface area contributed by atoms with Gasteiger partial charge in [-0.3, -0.25) is 10.1 Å². The molecule has 2 atom stereocenters. The summed E-state index contributed by atoms with van der Waals surface area (Å²) in [4.78, 5) is 41.9. The number of amides is 2. The van der Waals surface area contributed by atoms with Gasteiger partial charge in [-0.15, -0.1) is 0 Å². The number of para-hydroxylation sites is 1. The Morgan fingerprint density at radius 2 is 1.56 bits per heavy atom. The van der Waals surface area contributed by atoms with Crippen LogP contribution in [0.2, 0.25) is 0 Å². The normalized spacial score (nSPS) is 19.7. The molecule has 1 N–H and O–H groups in total. The lowest BCUT2D eigenvalue weighted by Gasteiger charge is -2.44. The molecule has 0 aliphatic carbocycles. The standard InChI is InChI=1S/C24H28N2O6/c1-22(2,3)32-21(29)25-23(17-14-10-11-15-18(17)26(4)19(23)27)24(31-6,20(28)30-5)16-12-8-7-9-13-16/h7-15H,1-6H3,(H,25,29)/t23-,24+/m1/s1. The molecule has 0 radical (unpaired) electrons. The van der Waals surface area contributed by atoms with Gasteiger partial charge in [0.2, 0.25) is 5.60 Å². The molecule has 8 heteroatoms. The van der Waals surface area contributed by atoms with Gasteiger partial charge in [-0.05, 0) is 32.4 Å². The van der Waals surface area contributed by atoms with Crippen molar-refractivity contribution >= 4 is 23.7 Å². The van der Waals surface area contributed by atoms with E-state index in [2.05, 4.69) is 5.32 Å². The Labute approximate surface area is 187 Å². The molecule has 32 heavy (non-hydrogen) atoms. The van der Waals surface area contributed by atoms with Gasteiger partial charge in [-0.1, -0.05) is 48.5 Å². The van der Waals surface area contributed by atoms with E-state index < -0.39 is 34.7 Å². The van der Waals surface area contributed by atoms with Crippen molar-refractivity contribution in [1.82, 2.24) is 5.32 Å². The number of methoxy groups -OCH3 is 2. The highest BCUT2D eigenvalue weighted by atomic mass is 16.6. The number of anilines is 1. The van der Waals surface area contributed by atoms with Crippen molar-refractivity contribution in [1.29, 1.82) is 0 Å². The SMILES string of the molecule is COC(=O)[C@@](OC)(c1ccccc1)[C@]1(NC(=O)OC(C)(C)C)C(=O)N(C)c2ccccc21. The Hall–Kier alpha value is -3.39. The number of ether oxygens (including phenoxy) is 3. The van der Waals surface area contributed by atoms with Crippen molar-refractivity contribution in [3.63, 3.8) is 0 Å². The molecular weight excluding hydrogens is 412 g/mol. The number of carbonyl (C=O) groups is 3. The van der Waals surface area contributed by atoms with E-state index in [1.54, 1.807) is 82.4 Å². The summed E-state index contributed by atoms with van der Waals surface area (Å²) in [6.45, 7) is 5.12. The molecule has 2 amide bonds. The molecule has 0 bridgehead atoms. The zero-order chi connectivity index (χ0) is 23.7. The van der Waals surface area contributed by atoms with Crippen LogP contribution in [-0.2, 0) is 34.9 Å². The number of carbonyl (C=O) groups excluding carboxylic acids is 3. The van der Waals surface area contributed by atoms with Crippen LogP contribution in [0.3, 0.4) is 0 Å². The summed E-state index contributed by atoms with van der Waals surface area (Å²) < 4.78 is 16.5. The second-order valence-corrected chi connectivity index (χ2v) is 8.50. The van der Waals surface area contributed by atoms with Gasteiger partial charge < -0.3 is 19.1 Å². The molecule has 0 aromatic heterocycles. The summed E-state index contributed by atoms with van der Waals surface area (Å²) >= 11 is 0. The Kier molecular flexibility index (Phi) is 6.02. The lowest BCUT2D eigenvalue weighted by Crippen LogP contribution is -2.68. The van der Waals surface area contributed by atoms with Crippen LogP contribution in [0.4, 0.5) is 10.5 Å². The van der Waals surface area contributed by atoms with E-state index in [0.29, 0.717) is 16.8 Å². The molecule has 0 saturated carbocycles. The largest absolute Gasteiger partial charge is 0.467 e. The Bertz CT molecular complexity index is 1030. The maximum Gasteiger partial charge on any atom is 0.408 e. The summed E-state index contributed by atoms with van der Waals surface area (Å²) in [5.41, 5.74) is -3.64. The summed E-state index contributed by atoms with van der Waals surface area (Å²) in [6, 6.07) is 15.4. The molecule has 0 fully saturated rings. The second-order valence-electron chi connectivity index (χ2n) is 8.50. The van der Waals surface area contributed by atoms with Gasteiger partial charge in [-0.25, -0.2) is 9.59 Å². The maximum absolute atomic E-state index is 14.0. The topological polar surface area (TPSA) is 94.2 Å². The Morgan fingerprint density at radius 1 is 0.969 bits per heavy atom. The maximum atomic E-state index is 14.0. The number of rotatable bonds is 5. The number of hydrogen-bond acceptors (Lipinski definition) is 6. The third-order valence-corrected chi connectivity index (χ3v) is 5.47. The quantitative estimate of drug-likeness (QED) is 0.718. The zero-order valence-electron chi connectivity index (χ0n) is 19.1. The highest BCUT2D eigenvalue weighted by Gasteiger charge is 2.70. The summed E-state index contributed by atoms with van der Waals surface area (Å²) in [7, 11) is 4.08. The molecule has 170 valence electrons. The van der Waals surface area contributed by atoms with Crippen LogP contribution in [-0.4, -0.2) is 44.8 Å². The van der Waals surface area contributed by atoms with Gasteiger partial charge in [0.1, 0.15) is 5.60 Å². The van der Waals surface area contributed by atoms with Crippen LogP contribution in [0, 0.1) is 0 Å². The van der Waals surface area contributed by atoms with E-state index >= 15 is 0 Å². The fourth-order valence-corrected chi connectivity index (χ4v) is 4.22. The van der Waals surface area contributed by atoms with Crippen molar-refractivity contribution in [2.75, 3.05) is 26.2 Å². The van der Waals surface area contributed by atoms with Gasteiger partial charge in [0.15, 0.2) is 5.54 Å². The minimum atomic E-state index is -2.04. The lowest BCUT2D eigenvalue weighted by molar-refractivity contribution is -0.184. The van der Waals surface area contributed by atoms with Crippen molar-refractivity contribution in [3.05, 3.63) is 65.7 Å². The van der Waals surface area contributed by atoms with Crippen LogP contribution in [0.1, 0.15) is 31.9 Å². The molecule has 2 aromatic rings. The lowest BCUT2D eigenvalue weighted by atomic mass is 9.70. The average molecular weight is 440 g/mol. The number of fused-ring (bicyclic) bond motifs is 1. The average Bonchev–Trinajstić information content (AvgIpc) is 2.97. The molecule has 1 aliphatic heterocycles. The van der Waals surface area contributed by atoms with Crippen LogP contribution in [0.5, 0.6) is 0 Å². The molecule has 1 heterocycles.